The van der Waals surface area contributed by atoms with Gasteiger partial charge < -0.3 is 0 Å². The Morgan fingerprint density at radius 3 is 2.80 bits per heavy atom. The van der Waals surface area contributed by atoms with Crippen molar-refractivity contribution in [1.82, 2.24) is 20.2 Å². The van der Waals surface area contributed by atoms with Crippen LogP contribution in [0.4, 0.5) is 5.95 Å². The third kappa shape index (κ3) is 2.29. The van der Waals surface area contributed by atoms with E-state index in [4.69, 9.17) is 0 Å². The number of anilines is 1. The van der Waals surface area contributed by atoms with Crippen LogP contribution in [0.3, 0.4) is 0 Å². The fourth-order valence-corrected chi connectivity index (χ4v) is 2.29. The number of rotatable bonds is 3. The van der Waals surface area contributed by atoms with Crippen molar-refractivity contribution in [3.8, 4) is 11.5 Å². The first-order chi connectivity index (χ1) is 9.57. The van der Waals surface area contributed by atoms with Gasteiger partial charge in [-0.25, -0.2) is 4.98 Å². The molecule has 0 radical (unpaired) electrons. The van der Waals surface area contributed by atoms with E-state index in [-0.39, 0.29) is 11.3 Å². The summed E-state index contributed by atoms with van der Waals surface area (Å²) < 4.78 is 0. The van der Waals surface area contributed by atoms with Gasteiger partial charge in [-0.1, -0.05) is 19.4 Å². The van der Waals surface area contributed by atoms with Gasteiger partial charge in [-0.3, -0.25) is 15.2 Å². The van der Waals surface area contributed by atoms with Gasteiger partial charge in [0.2, 0.25) is 11.9 Å². The van der Waals surface area contributed by atoms with Crippen LogP contribution in [0.1, 0.15) is 31.9 Å². The highest BCUT2D eigenvalue weighted by molar-refractivity contribution is 5.94. The zero-order chi connectivity index (χ0) is 14.2. The topological polar surface area (TPSA) is 83.6 Å². The average molecular weight is 271 g/mol. The van der Waals surface area contributed by atoms with Crippen molar-refractivity contribution in [3.63, 3.8) is 0 Å². The van der Waals surface area contributed by atoms with Gasteiger partial charge in [0.05, 0.1) is 0 Å². The van der Waals surface area contributed by atoms with E-state index in [9.17, 15) is 4.79 Å². The number of pyridine rings is 1. The molecule has 104 valence electrons. The minimum atomic E-state index is -0.262. The lowest BCUT2D eigenvalue weighted by Crippen LogP contribution is -2.39. The van der Waals surface area contributed by atoms with E-state index in [0.717, 1.165) is 25.0 Å². The van der Waals surface area contributed by atoms with Crippen LogP contribution in [-0.4, -0.2) is 26.1 Å². The number of carbonyl (C=O) groups excluding carboxylic acids is 1. The number of aryl methyl sites for hydroxylation is 1. The molecular formula is C14H17N5O. The largest absolute Gasteiger partial charge is 0.293 e. The third-order valence-electron chi connectivity index (χ3n) is 3.85. The molecule has 2 aromatic heterocycles. The molecule has 2 N–H and O–H groups in total. The highest BCUT2D eigenvalue weighted by atomic mass is 16.2. The summed E-state index contributed by atoms with van der Waals surface area (Å²) in [6, 6.07) is 5.68. The van der Waals surface area contributed by atoms with Crippen molar-refractivity contribution in [2.45, 2.75) is 33.1 Å². The molecular weight excluding hydrogens is 254 g/mol. The molecule has 0 bridgehead atoms. The van der Waals surface area contributed by atoms with Crippen molar-refractivity contribution in [1.29, 1.82) is 0 Å². The maximum absolute atomic E-state index is 12.1. The number of aromatic amines is 1. The summed E-state index contributed by atoms with van der Waals surface area (Å²) in [7, 11) is 0. The second-order valence-electron chi connectivity index (χ2n) is 5.54. The van der Waals surface area contributed by atoms with Crippen molar-refractivity contribution in [2.24, 2.45) is 5.41 Å². The molecule has 20 heavy (non-hydrogen) atoms. The quantitative estimate of drug-likeness (QED) is 0.897. The molecule has 0 aromatic carbocycles. The molecule has 1 aliphatic carbocycles. The molecule has 1 amide bonds. The minimum Gasteiger partial charge on any atom is -0.293 e. The number of aromatic nitrogens is 4. The molecule has 0 spiro atoms. The summed E-state index contributed by atoms with van der Waals surface area (Å²) in [4.78, 5) is 20.7. The molecule has 1 aliphatic rings. The van der Waals surface area contributed by atoms with E-state index in [1.54, 1.807) is 0 Å². The number of carbonyl (C=O) groups is 1. The van der Waals surface area contributed by atoms with Gasteiger partial charge in [0.15, 0.2) is 5.82 Å². The molecule has 2 aromatic rings. The van der Waals surface area contributed by atoms with E-state index in [1.807, 2.05) is 32.0 Å². The van der Waals surface area contributed by atoms with Gasteiger partial charge in [0, 0.05) is 11.1 Å². The zero-order valence-corrected chi connectivity index (χ0v) is 11.6. The zero-order valence-electron chi connectivity index (χ0n) is 11.6. The summed E-state index contributed by atoms with van der Waals surface area (Å²) in [5.41, 5.74) is 1.36. The fourth-order valence-electron chi connectivity index (χ4n) is 2.29. The predicted octanol–water partition coefficient (Wildman–Crippen LogP) is 2.30. The molecule has 0 aliphatic heterocycles. The number of nitrogens with one attached hydrogen (secondary N) is 2. The fraction of sp³-hybridized carbons (Fsp3) is 0.429. The first-order valence-corrected chi connectivity index (χ1v) is 6.75. The second kappa shape index (κ2) is 4.70. The van der Waals surface area contributed by atoms with Crippen molar-refractivity contribution in [2.75, 3.05) is 5.32 Å². The Hall–Kier alpha value is -2.24. The summed E-state index contributed by atoms with van der Waals surface area (Å²) in [6.07, 6.45) is 2.96. The highest BCUT2D eigenvalue weighted by Crippen LogP contribution is 2.40. The lowest BCUT2D eigenvalue weighted by atomic mass is 9.70. The van der Waals surface area contributed by atoms with Crippen LogP contribution in [0.25, 0.3) is 11.5 Å². The Balaban J connectivity index is 1.75. The summed E-state index contributed by atoms with van der Waals surface area (Å²) in [5.74, 6) is 0.857. The van der Waals surface area contributed by atoms with Crippen LogP contribution in [0.5, 0.6) is 0 Å². The van der Waals surface area contributed by atoms with Crippen LogP contribution in [0.15, 0.2) is 18.2 Å². The molecule has 3 rings (SSSR count). The Morgan fingerprint density at radius 2 is 2.15 bits per heavy atom. The van der Waals surface area contributed by atoms with E-state index >= 15 is 0 Å². The minimum absolute atomic E-state index is 0.00787. The average Bonchev–Trinajstić information content (AvgIpc) is 2.84. The van der Waals surface area contributed by atoms with Crippen molar-refractivity contribution >= 4 is 11.9 Å². The maximum atomic E-state index is 12.1. The number of hydrogen-bond acceptors (Lipinski definition) is 4. The molecule has 1 fully saturated rings. The third-order valence-corrected chi connectivity index (χ3v) is 3.85. The highest BCUT2D eigenvalue weighted by Gasteiger charge is 2.39. The van der Waals surface area contributed by atoms with Gasteiger partial charge in [0.1, 0.15) is 5.69 Å². The lowest BCUT2D eigenvalue weighted by molar-refractivity contribution is -0.128. The van der Waals surface area contributed by atoms with Crippen LogP contribution in [0.2, 0.25) is 0 Å². The van der Waals surface area contributed by atoms with Crippen LogP contribution < -0.4 is 5.32 Å². The van der Waals surface area contributed by atoms with Crippen LogP contribution in [0, 0.1) is 12.3 Å². The molecule has 0 unspecified atom stereocenters. The lowest BCUT2D eigenvalue weighted by Gasteiger charge is -2.35. The van der Waals surface area contributed by atoms with Crippen LogP contribution >= 0.6 is 0 Å². The first kappa shape index (κ1) is 12.8. The summed E-state index contributed by atoms with van der Waals surface area (Å²) in [5, 5.41) is 9.60. The maximum Gasteiger partial charge on any atom is 0.249 e. The van der Waals surface area contributed by atoms with Gasteiger partial charge in [-0.2, -0.15) is 4.98 Å². The van der Waals surface area contributed by atoms with Crippen molar-refractivity contribution < 1.29 is 4.79 Å². The number of hydrogen-bond donors (Lipinski definition) is 2. The van der Waals surface area contributed by atoms with E-state index in [0.29, 0.717) is 17.5 Å². The molecule has 0 saturated heterocycles. The number of nitrogens with zero attached hydrogens (tertiary/aromatic N) is 3. The molecule has 6 nitrogen and oxygen atoms in total. The van der Waals surface area contributed by atoms with E-state index < -0.39 is 0 Å². The van der Waals surface area contributed by atoms with E-state index in [1.165, 1.54) is 0 Å². The normalized spacial score (nSPS) is 16.5. The SMILES string of the molecule is Cc1cccc(-c2nc(NC(=O)C3(C)CCC3)n[nH]2)n1. The van der Waals surface area contributed by atoms with Gasteiger partial charge in [-0.15, -0.1) is 5.10 Å². The molecule has 2 heterocycles. The standard InChI is InChI=1S/C14H17N5O/c1-9-5-3-6-10(15-9)11-16-13(19-18-11)17-12(20)14(2)7-4-8-14/h3,5-6H,4,7-8H2,1-2H3,(H2,16,17,18,19,20). The smallest absolute Gasteiger partial charge is 0.249 e. The van der Waals surface area contributed by atoms with Gasteiger partial charge in [0.25, 0.3) is 0 Å². The monoisotopic (exact) mass is 271 g/mol. The Bertz CT molecular complexity index is 645. The Kier molecular flexibility index (Phi) is 3.00. The summed E-state index contributed by atoms with van der Waals surface area (Å²) in [6.45, 7) is 3.89. The van der Waals surface area contributed by atoms with Crippen LogP contribution in [-0.2, 0) is 4.79 Å². The Morgan fingerprint density at radius 1 is 1.35 bits per heavy atom. The van der Waals surface area contributed by atoms with Crippen molar-refractivity contribution in [3.05, 3.63) is 23.9 Å². The predicted molar refractivity (Wildman–Crippen MR) is 74.9 cm³/mol. The number of H-pyrrole nitrogens is 1. The molecule has 1 saturated carbocycles. The van der Waals surface area contributed by atoms with Gasteiger partial charge in [-0.05, 0) is 31.9 Å². The summed E-state index contributed by atoms with van der Waals surface area (Å²) >= 11 is 0. The molecule has 6 heteroatoms. The number of amides is 1. The second-order valence-corrected chi connectivity index (χ2v) is 5.54. The Labute approximate surface area is 117 Å². The van der Waals surface area contributed by atoms with E-state index in [2.05, 4.69) is 25.5 Å². The molecule has 0 atom stereocenters. The first-order valence-electron chi connectivity index (χ1n) is 6.75. The van der Waals surface area contributed by atoms with Gasteiger partial charge >= 0.3 is 0 Å².